The number of nitrogens with zero attached hydrogens (tertiary/aromatic N) is 2. The molecule has 1 aliphatic heterocycles. The molecular weight excluding hydrogens is 284 g/mol. The van der Waals surface area contributed by atoms with Crippen LogP contribution in [0.5, 0.6) is 0 Å². The average molecular weight is 314 g/mol. The Balaban J connectivity index is 2.19. The highest BCUT2D eigenvalue weighted by molar-refractivity contribution is 5.85. The maximum Gasteiger partial charge on any atom is 0.244 e. The fourth-order valence-corrected chi connectivity index (χ4v) is 2.18. The first kappa shape index (κ1) is 18.7. The predicted molar refractivity (Wildman–Crippen MR) is 87.1 cm³/mol. The Morgan fingerprint density at radius 2 is 1.95 bits per heavy atom. The number of hydrogen-bond acceptors (Lipinski definition) is 4. The molecule has 1 saturated heterocycles. The highest BCUT2D eigenvalue weighted by atomic mass is 16.5. The molecule has 0 atom stereocenters. The molecule has 0 radical (unpaired) electrons. The third kappa shape index (κ3) is 8.19. The van der Waals surface area contributed by atoms with Crippen molar-refractivity contribution in [2.24, 2.45) is 4.99 Å². The summed E-state index contributed by atoms with van der Waals surface area (Å²) in [6, 6.07) is 0. The Morgan fingerprint density at radius 1 is 1.18 bits per heavy atom. The van der Waals surface area contributed by atoms with Gasteiger partial charge in [-0.25, -0.2) is 4.99 Å². The molecule has 1 fully saturated rings. The summed E-state index contributed by atoms with van der Waals surface area (Å²) in [5.41, 5.74) is 0. The van der Waals surface area contributed by atoms with Crippen molar-refractivity contribution in [2.75, 3.05) is 59.7 Å². The van der Waals surface area contributed by atoms with E-state index in [1.54, 1.807) is 7.11 Å². The smallest absolute Gasteiger partial charge is 0.244 e. The van der Waals surface area contributed by atoms with E-state index in [0.29, 0.717) is 25.8 Å². The molecule has 1 heterocycles. The number of amides is 1. The van der Waals surface area contributed by atoms with Crippen molar-refractivity contribution in [3.8, 4) is 0 Å². The molecule has 0 aromatic carbocycles. The molecular formula is C15H30N4O3. The molecule has 7 heteroatoms. The van der Waals surface area contributed by atoms with Gasteiger partial charge in [-0.15, -0.1) is 0 Å². The largest absolute Gasteiger partial charge is 0.382 e. The monoisotopic (exact) mass is 314 g/mol. The maximum atomic E-state index is 12.0. The van der Waals surface area contributed by atoms with Crippen LogP contribution in [0.3, 0.4) is 0 Å². The van der Waals surface area contributed by atoms with E-state index in [2.05, 4.69) is 15.6 Å². The molecule has 1 aliphatic rings. The second kappa shape index (κ2) is 12.2. The van der Waals surface area contributed by atoms with Gasteiger partial charge in [0.25, 0.3) is 0 Å². The molecule has 0 spiro atoms. The lowest BCUT2D eigenvalue weighted by molar-refractivity contribution is -0.128. The van der Waals surface area contributed by atoms with Gasteiger partial charge in [-0.1, -0.05) is 0 Å². The zero-order chi connectivity index (χ0) is 16.0. The number of likely N-dealkylation sites (tertiary alicyclic amines) is 1. The summed E-state index contributed by atoms with van der Waals surface area (Å²) in [7, 11) is 1.66. The summed E-state index contributed by atoms with van der Waals surface area (Å²) in [6.07, 6.45) is 3.10. The second-order valence-electron chi connectivity index (χ2n) is 5.17. The van der Waals surface area contributed by atoms with Crippen LogP contribution in [0.25, 0.3) is 0 Å². The lowest BCUT2D eigenvalue weighted by Crippen LogP contribution is -2.39. The first-order chi connectivity index (χ1) is 10.8. The molecule has 0 bridgehead atoms. The van der Waals surface area contributed by atoms with Crippen molar-refractivity contribution in [3.05, 3.63) is 0 Å². The minimum absolute atomic E-state index is 0.109. The molecule has 1 amide bonds. The van der Waals surface area contributed by atoms with Gasteiger partial charge in [0.1, 0.15) is 6.54 Å². The van der Waals surface area contributed by atoms with E-state index < -0.39 is 0 Å². The lowest BCUT2D eigenvalue weighted by atomic mass is 10.4. The molecule has 7 nitrogen and oxygen atoms in total. The predicted octanol–water partition coefficient (Wildman–Crippen LogP) is 0.217. The van der Waals surface area contributed by atoms with Gasteiger partial charge in [0.15, 0.2) is 5.96 Å². The second-order valence-corrected chi connectivity index (χ2v) is 5.17. The zero-order valence-corrected chi connectivity index (χ0v) is 13.9. The van der Waals surface area contributed by atoms with Gasteiger partial charge in [-0.2, -0.15) is 0 Å². The molecule has 128 valence electrons. The van der Waals surface area contributed by atoms with Gasteiger partial charge in [0.2, 0.25) is 5.91 Å². The summed E-state index contributed by atoms with van der Waals surface area (Å²) < 4.78 is 10.3. The van der Waals surface area contributed by atoms with Crippen LogP contribution in [0, 0.1) is 0 Å². The van der Waals surface area contributed by atoms with E-state index >= 15 is 0 Å². The van der Waals surface area contributed by atoms with E-state index in [1.165, 1.54) is 0 Å². The van der Waals surface area contributed by atoms with Crippen molar-refractivity contribution in [1.82, 2.24) is 15.5 Å². The number of nitrogens with one attached hydrogen (secondary N) is 2. The van der Waals surface area contributed by atoms with Crippen LogP contribution in [0.15, 0.2) is 4.99 Å². The SMILES string of the molecule is CCNC(=NCC(=O)N1CCCC1)NCCCOCCOC. The fourth-order valence-electron chi connectivity index (χ4n) is 2.18. The Kier molecular flexibility index (Phi) is 10.4. The fraction of sp³-hybridized carbons (Fsp3) is 0.867. The van der Waals surface area contributed by atoms with Crippen molar-refractivity contribution >= 4 is 11.9 Å². The van der Waals surface area contributed by atoms with E-state index in [-0.39, 0.29) is 12.5 Å². The molecule has 0 aliphatic carbocycles. The normalized spacial score (nSPS) is 15.2. The van der Waals surface area contributed by atoms with Gasteiger partial charge in [0, 0.05) is 39.9 Å². The van der Waals surface area contributed by atoms with Crippen molar-refractivity contribution < 1.29 is 14.3 Å². The number of aliphatic imine (C=N–C) groups is 1. The number of ether oxygens (including phenoxy) is 2. The van der Waals surface area contributed by atoms with Gasteiger partial charge in [0.05, 0.1) is 13.2 Å². The third-order valence-electron chi connectivity index (χ3n) is 3.37. The van der Waals surface area contributed by atoms with Crippen LogP contribution >= 0.6 is 0 Å². The summed E-state index contributed by atoms with van der Waals surface area (Å²) in [6.45, 7) is 7.42. The molecule has 22 heavy (non-hydrogen) atoms. The van der Waals surface area contributed by atoms with E-state index in [4.69, 9.17) is 9.47 Å². The number of carbonyl (C=O) groups is 1. The quantitative estimate of drug-likeness (QED) is 0.343. The van der Waals surface area contributed by atoms with Gasteiger partial charge >= 0.3 is 0 Å². The highest BCUT2D eigenvalue weighted by Gasteiger charge is 2.17. The Morgan fingerprint density at radius 3 is 2.64 bits per heavy atom. The number of hydrogen-bond donors (Lipinski definition) is 2. The van der Waals surface area contributed by atoms with Crippen molar-refractivity contribution in [3.63, 3.8) is 0 Å². The standard InChI is InChI=1S/C15H30N4O3/c1-3-16-15(17-7-6-10-22-12-11-21-2)18-13-14(20)19-8-4-5-9-19/h3-13H2,1-2H3,(H2,16,17,18). The zero-order valence-electron chi connectivity index (χ0n) is 13.9. The number of carbonyl (C=O) groups excluding carboxylic acids is 1. The van der Waals surface area contributed by atoms with E-state index in [0.717, 1.165) is 45.4 Å². The molecule has 1 rings (SSSR count). The number of methoxy groups -OCH3 is 1. The summed E-state index contributed by atoms with van der Waals surface area (Å²) in [5.74, 6) is 0.796. The van der Waals surface area contributed by atoms with E-state index in [9.17, 15) is 4.79 Å². The minimum atomic E-state index is 0.109. The van der Waals surface area contributed by atoms with Crippen LogP contribution < -0.4 is 10.6 Å². The van der Waals surface area contributed by atoms with Gasteiger partial charge < -0.3 is 25.0 Å². The molecule has 0 saturated carbocycles. The van der Waals surface area contributed by atoms with Crippen molar-refractivity contribution in [1.29, 1.82) is 0 Å². The topological polar surface area (TPSA) is 75.2 Å². The van der Waals surface area contributed by atoms with Crippen LogP contribution in [0.2, 0.25) is 0 Å². The number of guanidine groups is 1. The van der Waals surface area contributed by atoms with Crippen LogP contribution in [-0.2, 0) is 14.3 Å². The molecule has 0 aromatic heterocycles. The minimum Gasteiger partial charge on any atom is -0.382 e. The molecule has 0 unspecified atom stereocenters. The Hall–Kier alpha value is -1.34. The summed E-state index contributed by atoms with van der Waals surface area (Å²) >= 11 is 0. The van der Waals surface area contributed by atoms with Crippen molar-refractivity contribution in [2.45, 2.75) is 26.2 Å². The van der Waals surface area contributed by atoms with Gasteiger partial charge in [-0.05, 0) is 26.2 Å². The Labute approximate surface area is 133 Å². The molecule has 0 aromatic rings. The highest BCUT2D eigenvalue weighted by Crippen LogP contribution is 2.07. The van der Waals surface area contributed by atoms with Gasteiger partial charge in [-0.3, -0.25) is 4.79 Å². The third-order valence-corrected chi connectivity index (χ3v) is 3.37. The van der Waals surface area contributed by atoms with Crippen LogP contribution in [0.4, 0.5) is 0 Å². The summed E-state index contributed by atoms with van der Waals surface area (Å²) in [5, 5.41) is 6.36. The van der Waals surface area contributed by atoms with Crippen LogP contribution in [0.1, 0.15) is 26.2 Å². The molecule has 2 N–H and O–H groups in total. The maximum absolute atomic E-state index is 12.0. The van der Waals surface area contributed by atoms with Crippen LogP contribution in [-0.4, -0.2) is 76.4 Å². The average Bonchev–Trinajstić information content (AvgIpc) is 3.05. The Bertz CT molecular complexity index is 331. The lowest BCUT2D eigenvalue weighted by Gasteiger charge is -2.15. The first-order valence-electron chi connectivity index (χ1n) is 8.14. The number of rotatable bonds is 10. The summed E-state index contributed by atoms with van der Waals surface area (Å²) in [4.78, 5) is 18.2. The van der Waals surface area contributed by atoms with E-state index in [1.807, 2.05) is 11.8 Å². The first-order valence-corrected chi connectivity index (χ1v) is 8.14.